The standard InChI is InChI=1S/C48H82O19/c1-21(2)10-9-13-48(8,67-42-38(61)35(58)32(55)26(19-50)64-42)22-11-15-46(6)30(22)23(52)16-28-45(5)14-12-29(53)44(3,4)40(45)24(17-47(28,46)7)62-43-39(36(59)33(56)27(20-51)65-43)66-41-37(60)34(57)31(54)25(18-49)63-41/h10,22-43,49-61H,9,11-20H2,1-8H3/t22-,23-,24-,25+,26+,27+,28-,29+,30-,31+,32+,33+,34+,35+,36+,37+,38+,39+,40-,41+,42+,43-,45+,46+,47+,48-/m0/s1. The van der Waals surface area contributed by atoms with E-state index in [9.17, 15) is 66.4 Å². The topological polar surface area (TPSA) is 318 Å². The number of fused-ring (bicyclic) bond motifs is 5. The molecule has 13 N–H and O–H groups in total. The zero-order valence-corrected chi connectivity index (χ0v) is 40.3. The van der Waals surface area contributed by atoms with Crippen molar-refractivity contribution in [3.05, 3.63) is 11.6 Å². The largest absolute Gasteiger partial charge is 0.394 e. The Morgan fingerprint density at radius 1 is 0.642 bits per heavy atom. The summed E-state index contributed by atoms with van der Waals surface area (Å²) >= 11 is 0. The Morgan fingerprint density at radius 3 is 1.75 bits per heavy atom. The van der Waals surface area contributed by atoms with Crippen LogP contribution in [0.5, 0.6) is 0 Å². The Hall–Kier alpha value is -1.02. The Bertz CT molecular complexity index is 1710. The molecule has 0 bridgehead atoms. The van der Waals surface area contributed by atoms with Crippen molar-refractivity contribution in [3.63, 3.8) is 0 Å². The van der Waals surface area contributed by atoms with Crippen molar-refractivity contribution >= 4 is 0 Å². The predicted octanol–water partition coefficient (Wildman–Crippen LogP) is -1.06. The normalized spacial score (nSPS) is 52.9. The molecule has 0 spiro atoms. The van der Waals surface area contributed by atoms with E-state index in [0.717, 1.165) is 5.57 Å². The minimum atomic E-state index is -1.86. The van der Waals surface area contributed by atoms with E-state index in [-0.39, 0.29) is 17.8 Å². The van der Waals surface area contributed by atoms with Crippen LogP contribution >= 0.6 is 0 Å². The average molecular weight is 963 g/mol. The van der Waals surface area contributed by atoms with Crippen molar-refractivity contribution in [1.29, 1.82) is 0 Å². The van der Waals surface area contributed by atoms with Crippen LogP contribution in [0.1, 0.15) is 107 Å². The lowest BCUT2D eigenvalue weighted by atomic mass is 9.34. The van der Waals surface area contributed by atoms with Crippen LogP contribution < -0.4 is 0 Å². The predicted molar refractivity (Wildman–Crippen MR) is 235 cm³/mol. The molecule has 67 heavy (non-hydrogen) atoms. The first-order valence-electron chi connectivity index (χ1n) is 24.5. The molecule has 7 aliphatic rings. The van der Waals surface area contributed by atoms with E-state index in [1.807, 2.05) is 34.6 Å². The lowest BCUT2D eigenvalue weighted by Crippen LogP contribution is -2.71. The Balaban J connectivity index is 1.27. The fraction of sp³-hybridized carbons (Fsp3) is 0.958. The van der Waals surface area contributed by atoms with Crippen LogP contribution in [0, 0.1) is 45.3 Å². The maximum atomic E-state index is 12.7. The highest BCUT2D eigenvalue weighted by atomic mass is 16.8. The van der Waals surface area contributed by atoms with Crippen LogP contribution in [-0.4, -0.2) is 202 Å². The Kier molecular flexibility index (Phi) is 15.9. The van der Waals surface area contributed by atoms with Gasteiger partial charge >= 0.3 is 0 Å². The maximum Gasteiger partial charge on any atom is 0.187 e. The van der Waals surface area contributed by atoms with Gasteiger partial charge in [0.1, 0.15) is 73.2 Å². The lowest BCUT2D eigenvalue weighted by Gasteiger charge is -2.72. The third-order valence-corrected chi connectivity index (χ3v) is 18.7. The fourth-order valence-corrected chi connectivity index (χ4v) is 14.9. The van der Waals surface area contributed by atoms with Crippen LogP contribution in [0.3, 0.4) is 0 Å². The van der Waals surface area contributed by atoms with E-state index >= 15 is 0 Å². The zero-order chi connectivity index (χ0) is 49.5. The first-order chi connectivity index (χ1) is 31.3. The van der Waals surface area contributed by atoms with E-state index in [1.54, 1.807) is 0 Å². The molecule has 0 aromatic heterocycles. The van der Waals surface area contributed by atoms with Gasteiger partial charge in [-0.05, 0) is 117 Å². The highest BCUT2D eigenvalue weighted by Gasteiger charge is 2.74. The van der Waals surface area contributed by atoms with Gasteiger partial charge in [0, 0.05) is 0 Å². The van der Waals surface area contributed by atoms with Gasteiger partial charge < -0.3 is 94.8 Å². The molecule has 19 heteroatoms. The van der Waals surface area contributed by atoms with Crippen LogP contribution in [-0.2, 0) is 28.4 Å². The minimum absolute atomic E-state index is 0.110. The molecule has 7 fully saturated rings. The van der Waals surface area contributed by atoms with Crippen LogP contribution in [0.25, 0.3) is 0 Å². The number of aliphatic hydroxyl groups excluding tert-OH is 13. The first kappa shape index (κ1) is 53.8. The Morgan fingerprint density at radius 2 is 1.18 bits per heavy atom. The van der Waals surface area contributed by atoms with Gasteiger partial charge in [-0.2, -0.15) is 0 Å². The fourth-order valence-electron chi connectivity index (χ4n) is 14.9. The second-order valence-corrected chi connectivity index (χ2v) is 23.1. The van der Waals surface area contributed by atoms with Gasteiger partial charge in [0.15, 0.2) is 18.9 Å². The quantitative estimate of drug-likeness (QED) is 0.0773. The molecular weight excluding hydrogens is 881 g/mol. The van der Waals surface area contributed by atoms with Crippen molar-refractivity contribution in [1.82, 2.24) is 0 Å². The molecule has 3 aliphatic heterocycles. The van der Waals surface area contributed by atoms with E-state index < -0.39 is 163 Å². The molecule has 19 nitrogen and oxygen atoms in total. The summed E-state index contributed by atoms with van der Waals surface area (Å²) in [4.78, 5) is 0. The van der Waals surface area contributed by atoms with Gasteiger partial charge in [-0.1, -0.05) is 46.3 Å². The molecule has 4 saturated carbocycles. The van der Waals surface area contributed by atoms with Crippen molar-refractivity contribution < 1.29 is 94.8 Å². The van der Waals surface area contributed by atoms with Gasteiger partial charge in [0.2, 0.25) is 0 Å². The molecule has 0 radical (unpaired) electrons. The molecule has 0 aromatic carbocycles. The highest BCUT2D eigenvalue weighted by Crippen LogP contribution is 2.76. The van der Waals surface area contributed by atoms with E-state index in [0.29, 0.717) is 51.4 Å². The summed E-state index contributed by atoms with van der Waals surface area (Å²) in [5, 5.41) is 142. The molecule has 388 valence electrons. The summed E-state index contributed by atoms with van der Waals surface area (Å²) in [6.07, 6.45) is -20.0. The first-order valence-corrected chi connectivity index (χ1v) is 24.5. The summed E-state index contributed by atoms with van der Waals surface area (Å²) in [5.74, 6) is -1.22. The monoisotopic (exact) mass is 963 g/mol. The summed E-state index contributed by atoms with van der Waals surface area (Å²) in [6, 6.07) is 0. The number of allylic oxidation sites excluding steroid dienone is 2. The van der Waals surface area contributed by atoms with Crippen LogP contribution in [0.15, 0.2) is 11.6 Å². The maximum absolute atomic E-state index is 12.7. The molecular formula is C48H82O19. The van der Waals surface area contributed by atoms with Crippen molar-refractivity contribution in [3.8, 4) is 0 Å². The number of rotatable bonds is 13. The third-order valence-electron chi connectivity index (χ3n) is 18.7. The van der Waals surface area contributed by atoms with Crippen molar-refractivity contribution in [2.75, 3.05) is 19.8 Å². The van der Waals surface area contributed by atoms with E-state index in [4.69, 9.17) is 28.4 Å². The van der Waals surface area contributed by atoms with Crippen molar-refractivity contribution in [2.24, 2.45) is 45.3 Å². The summed E-state index contributed by atoms with van der Waals surface area (Å²) < 4.78 is 37.9. The van der Waals surface area contributed by atoms with Gasteiger partial charge in [-0.15, -0.1) is 0 Å². The molecule has 7 rings (SSSR count). The minimum Gasteiger partial charge on any atom is -0.394 e. The zero-order valence-electron chi connectivity index (χ0n) is 40.3. The van der Waals surface area contributed by atoms with E-state index in [1.165, 1.54) is 0 Å². The molecule has 3 saturated heterocycles. The highest BCUT2D eigenvalue weighted by molar-refractivity contribution is 5.22. The number of hydrogen-bond donors (Lipinski definition) is 13. The van der Waals surface area contributed by atoms with Gasteiger partial charge in [0.05, 0.1) is 43.7 Å². The third kappa shape index (κ3) is 9.03. The summed E-state index contributed by atoms with van der Waals surface area (Å²) in [7, 11) is 0. The van der Waals surface area contributed by atoms with Gasteiger partial charge in [0.25, 0.3) is 0 Å². The second kappa shape index (κ2) is 19.8. The molecule has 26 atom stereocenters. The molecule has 0 amide bonds. The number of hydrogen-bond acceptors (Lipinski definition) is 19. The lowest BCUT2D eigenvalue weighted by molar-refractivity contribution is -0.383. The molecule has 0 aromatic rings. The summed E-state index contributed by atoms with van der Waals surface area (Å²) in [6.45, 7) is 14.4. The second-order valence-electron chi connectivity index (χ2n) is 23.1. The number of aliphatic hydroxyl groups is 13. The summed E-state index contributed by atoms with van der Waals surface area (Å²) in [5.41, 5.74) is -2.56. The smallest absolute Gasteiger partial charge is 0.187 e. The molecule has 3 heterocycles. The SMILES string of the molecule is CC(C)=CCC[C@](C)(O[C@H]1O[C@H](CO)[C@@H](O)[C@@H](O)[C@H]1O)[C@H]1CC[C@]2(C)[C@@H]1[C@@H](O)C[C@H]1[C@@]3(C)CC[C@@H](O)C(C)(C)[C@@H]3[C@@H](O[C@H]3O[C@H](CO)[C@@H](O)[C@@H](O)[C@H]3O[C@H]3O[C@H](CO)[C@@H](O)[C@@H](O)[C@H]3O)C[C@]12C. The van der Waals surface area contributed by atoms with E-state index in [2.05, 4.69) is 26.8 Å². The van der Waals surface area contributed by atoms with Gasteiger partial charge in [-0.25, -0.2) is 0 Å². The number of ether oxygens (including phenoxy) is 6. The van der Waals surface area contributed by atoms with Crippen molar-refractivity contribution in [2.45, 2.75) is 223 Å². The van der Waals surface area contributed by atoms with Gasteiger partial charge in [-0.3, -0.25) is 0 Å². The Labute approximate surface area is 393 Å². The van der Waals surface area contributed by atoms with Crippen LogP contribution in [0.2, 0.25) is 0 Å². The average Bonchev–Trinajstić information content (AvgIpc) is 3.66. The molecule has 0 unspecified atom stereocenters. The molecule has 4 aliphatic carbocycles. The van der Waals surface area contributed by atoms with Crippen LogP contribution in [0.4, 0.5) is 0 Å².